The number of hydrogen-bond acceptors (Lipinski definition) is 3. The lowest BCUT2D eigenvalue weighted by Gasteiger charge is -2.23. The zero-order valence-electron chi connectivity index (χ0n) is 7.12. The molecule has 1 fully saturated rings. The molecule has 4 nitrogen and oxygen atoms in total. The number of carboxylic acids is 1. The summed E-state index contributed by atoms with van der Waals surface area (Å²) in [4.78, 5) is 10.4. The van der Waals surface area contributed by atoms with E-state index in [9.17, 15) is 4.79 Å². The molecule has 0 spiro atoms. The fourth-order valence-corrected chi connectivity index (χ4v) is 1.58. The van der Waals surface area contributed by atoms with E-state index in [2.05, 4.69) is 5.32 Å². The van der Waals surface area contributed by atoms with Crippen LogP contribution in [-0.4, -0.2) is 30.2 Å². The lowest BCUT2D eigenvalue weighted by Crippen LogP contribution is -2.36. The lowest BCUT2D eigenvalue weighted by atomic mass is 9.91. The van der Waals surface area contributed by atoms with Crippen LogP contribution in [0.4, 0.5) is 0 Å². The summed E-state index contributed by atoms with van der Waals surface area (Å²) in [6.07, 6.45) is 2.74. The van der Waals surface area contributed by atoms with Gasteiger partial charge in [0, 0.05) is 0 Å². The van der Waals surface area contributed by atoms with E-state index in [0.717, 1.165) is 25.9 Å². The second-order valence-corrected chi connectivity index (χ2v) is 3.37. The third kappa shape index (κ3) is 2.79. The van der Waals surface area contributed by atoms with Crippen LogP contribution in [0.25, 0.3) is 0 Å². The molecule has 1 atom stereocenters. The van der Waals surface area contributed by atoms with Gasteiger partial charge in [0.2, 0.25) is 0 Å². The minimum absolute atomic E-state index is 0.498. The number of rotatable bonds is 3. The summed E-state index contributed by atoms with van der Waals surface area (Å²) < 4.78 is 0. The fraction of sp³-hybridized carbons (Fsp3) is 0.875. The highest BCUT2D eigenvalue weighted by molar-refractivity contribution is 5.73. The van der Waals surface area contributed by atoms with Crippen LogP contribution in [-0.2, 0) is 4.79 Å². The number of nitrogens with two attached hydrogens (primary N) is 1. The number of carbonyl (C=O) groups is 1. The number of carboxylic acid groups (broad SMARTS) is 1. The van der Waals surface area contributed by atoms with Gasteiger partial charge >= 0.3 is 5.97 Å². The number of piperidine rings is 1. The highest BCUT2D eigenvalue weighted by atomic mass is 16.4. The molecule has 1 unspecified atom stereocenters. The monoisotopic (exact) mass is 172 g/mol. The van der Waals surface area contributed by atoms with Gasteiger partial charge in [0.15, 0.2) is 0 Å². The first-order chi connectivity index (χ1) is 5.70. The molecule has 0 aliphatic carbocycles. The van der Waals surface area contributed by atoms with Crippen molar-refractivity contribution in [3.63, 3.8) is 0 Å². The van der Waals surface area contributed by atoms with Crippen LogP contribution in [0.1, 0.15) is 19.3 Å². The first kappa shape index (κ1) is 9.48. The van der Waals surface area contributed by atoms with Gasteiger partial charge in [0.1, 0.15) is 6.04 Å². The van der Waals surface area contributed by atoms with Crippen LogP contribution in [0.15, 0.2) is 0 Å². The Labute approximate surface area is 72.1 Å². The summed E-state index contributed by atoms with van der Waals surface area (Å²) in [5.74, 6) is -0.383. The van der Waals surface area contributed by atoms with E-state index in [1.807, 2.05) is 0 Å². The van der Waals surface area contributed by atoms with E-state index < -0.39 is 12.0 Å². The topological polar surface area (TPSA) is 75.3 Å². The maximum Gasteiger partial charge on any atom is 0.320 e. The first-order valence-corrected chi connectivity index (χ1v) is 4.39. The molecular formula is C8H16N2O2. The Balaban J connectivity index is 2.24. The lowest BCUT2D eigenvalue weighted by molar-refractivity contribution is -0.139. The Bertz CT molecular complexity index is 155. The van der Waals surface area contributed by atoms with Crippen LogP contribution in [0.3, 0.4) is 0 Å². The zero-order valence-corrected chi connectivity index (χ0v) is 7.12. The maximum atomic E-state index is 10.4. The Morgan fingerprint density at radius 2 is 2.17 bits per heavy atom. The van der Waals surface area contributed by atoms with Gasteiger partial charge in [-0.25, -0.2) is 0 Å². The van der Waals surface area contributed by atoms with Crippen molar-refractivity contribution in [1.29, 1.82) is 0 Å². The van der Waals surface area contributed by atoms with Gasteiger partial charge in [-0.3, -0.25) is 4.79 Å². The second kappa shape index (κ2) is 4.42. The van der Waals surface area contributed by atoms with Crippen molar-refractivity contribution in [2.24, 2.45) is 11.7 Å². The normalized spacial score (nSPS) is 22.1. The van der Waals surface area contributed by atoms with E-state index in [1.54, 1.807) is 0 Å². The molecule has 0 aromatic heterocycles. The predicted molar refractivity (Wildman–Crippen MR) is 45.8 cm³/mol. The predicted octanol–water partition coefficient (Wildman–Crippen LogP) is -0.212. The van der Waals surface area contributed by atoms with Crippen molar-refractivity contribution in [2.75, 3.05) is 13.1 Å². The molecule has 4 N–H and O–H groups in total. The SMILES string of the molecule is NC(CC1CCNCC1)C(=O)O. The van der Waals surface area contributed by atoms with Gasteiger partial charge in [-0.05, 0) is 38.3 Å². The molecule has 1 aliphatic heterocycles. The van der Waals surface area contributed by atoms with Crippen LogP contribution in [0.5, 0.6) is 0 Å². The standard InChI is InChI=1S/C8H16N2O2/c9-7(8(11)12)5-6-1-3-10-4-2-6/h6-7,10H,1-5,9H2,(H,11,12). The van der Waals surface area contributed by atoms with Crippen LogP contribution in [0.2, 0.25) is 0 Å². The molecule has 1 heterocycles. The molecule has 0 saturated carbocycles. The quantitative estimate of drug-likeness (QED) is 0.550. The molecule has 0 amide bonds. The van der Waals surface area contributed by atoms with Gasteiger partial charge in [-0.1, -0.05) is 0 Å². The smallest absolute Gasteiger partial charge is 0.320 e. The molecule has 1 aliphatic rings. The summed E-state index contributed by atoms with van der Waals surface area (Å²) in [5, 5.41) is 11.8. The van der Waals surface area contributed by atoms with E-state index in [0.29, 0.717) is 12.3 Å². The molecule has 0 radical (unpaired) electrons. The fourth-order valence-electron chi connectivity index (χ4n) is 1.58. The maximum absolute atomic E-state index is 10.4. The molecular weight excluding hydrogens is 156 g/mol. The molecule has 12 heavy (non-hydrogen) atoms. The van der Waals surface area contributed by atoms with Gasteiger partial charge in [-0.2, -0.15) is 0 Å². The van der Waals surface area contributed by atoms with Crippen molar-refractivity contribution in [2.45, 2.75) is 25.3 Å². The van der Waals surface area contributed by atoms with Crippen molar-refractivity contribution in [3.8, 4) is 0 Å². The van der Waals surface area contributed by atoms with Crippen LogP contribution >= 0.6 is 0 Å². The molecule has 0 aromatic rings. The summed E-state index contributed by atoms with van der Waals surface area (Å²) >= 11 is 0. The molecule has 70 valence electrons. The summed E-state index contributed by atoms with van der Waals surface area (Å²) in [6, 6.07) is -0.673. The number of nitrogens with one attached hydrogen (secondary N) is 1. The van der Waals surface area contributed by atoms with Crippen molar-refractivity contribution in [3.05, 3.63) is 0 Å². The van der Waals surface area contributed by atoms with Crippen molar-refractivity contribution < 1.29 is 9.90 Å². The first-order valence-electron chi connectivity index (χ1n) is 4.39. The van der Waals surface area contributed by atoms with E-state index in [1.165, 1.54) is 0 Å². The summed E-state index contributed by atoms with van der Waals surface area (Å²) in [5.41, 5.74) is 5.43. The van der Waals surface area contributed by atoms with Crippen molar-refractivity contribution >= 4 is 5.97 Å². The summed E-state index contributed by atoms with van der Waals surface area (Å²) in [6.45, 7) is 1.99. The highest BCUT2D eigenvalue weighted by Crippen LogP contribution is 2.16. The molecule has 1 saturated heterocycles. The van der Waals surface area contributed by atoms with E-state index >= 15 is 0 Å². The molecule has 1 rings (SSSR count). The van der Waals surface area contributed by atoms with Gasteiger partial charge in [0.05, 0.1) is 0 Å². The number of aliphatic carboxylic acids is 1. The van der Waals surface area contributed by atoms with E-state index in [-0.39, 0.29) is 0 Å². The van der Waals surface area contributed by atoms with Gasteiger partial charge in [-0.15, -0.1) is 0 Å². The van der Waals surface area contributed by atoms with Crippen LogP contribution < -0.4 is 11.1 Å². The Morgan fingerprint density at radius 1 is 1.58 bits per heavy atom. The van der Waals surface area contributed by atoms with Crippen molar-refractivity contribution in [1.82, 2.24) is 5.32 Å². The Hall–Kier alpha value is -0.610. The molecule has 0 bridgehead atoms. The Morgan fingerprint density at radius 3 is 2.67 bits per heavy atom. The van der Waals surface area contributed by atoms with Crippen LogP contribution in [0, 0.1) is 5.92 Å². The zero-order chi connectivity index (χ0) is 8.97. The molecule has 4 heteroatoms. The van der Waals surface area contributed by atoms with Gasteiger partial charge in [0.25, 0.3) is 0 Å². The summed E-state index contributed by atoms with van der Waals surface area (Å²) in [7, 11) is 0. The van der Waals surface area contributed by atoms with Gasteiger partial charge < -0.3 is 16.2 Å². The Kier molecular flexibility index (Phi) is 3.49. The third-order valence-electron chi connectivity index (χ3n) is 2.36. The third-order valence-corrected chi connectivity index (χ3v) is 2.36. The average Bonchev–Trinajstić information content (AvgIpc) is 2.06. The largest absolute Gasteiger partial charge is 0.480 e. The minimum Gasteiger partial charge on any atom is -0.480 e. The number of hydrogen-bond donors (Lipinski definition) is 3. The minimum atomic E-state index is -0.881. The average molecular weight is 172 g/mol. The second-order valence-electron chi connectivity index (χ2n) is 3.37. The van der Waals surface area contributed by atoms with E-state index in [4.69, 9.17) is 10.8 Å². The molecule has 0 aromatic carbocycles. The highest BCUT2D eigenvalue weighted by Gasteiger charge is 2.19.